The first-order valence-corrected chi connectivity index (χ1v) is 4.80. The number of hydrogen-bond donors (Lipinski definition) is 2. The monoisotopic (exact) mass is 180 g/mol. The zero-order chi connectivity index (χ0) is 9.26. The van der Waals surface area contributed by atoms with E-state index < -0.39 is 0 Å². The predicted molar refractivity (Wildman–Crippen MR) is 53.7 cm³/mol. The molecule has 1 aromatic heterocycles. The Morgan fingerprint density at radius 2 is 2.23 bits per heavy atom. The lowest BCUT2D eigenvalue weighted by atomic mass is 10.2. The largest absolute Gasteiger partial charge is 0.382 e. The lowest BCUT2D eigenvalue weighted by Gasteiger charge is -2.25. The first-order chi connectivity index (χ1) is 6.29. The van der Waals surface area contributed by atoms with Crippen LogP contribution in [0.2, 0.25) is 0 Å². The summed E-state index contributed by atoms with van der Waals surface area (Å²) >= 11 is 0. The van der Waals surface area contributed by atoms with Crippen molar-refractivity contribution in [1.82, 2.24) is 10.2 Å². The van der Waals surface area contributed by atoms with Crippen LogP contribution < -0.4 is 10.6 Å². The maximum Gasteiger partial charge on any atom is 0.142 e. The summed E-state index contributed by atoms with van der Waals surface area (Å²) in [6.07, 6.45) is 7.04. The number of nitrogens with one attached hydrogen (secondary N) is 1. The maximum atomic E-state index is 5.75. The highest BCUT2D eigenvalue weighted by Crippen LogP contribution is 2.28. The van der Waals surface area contributed by atoms with Gasteiger partial charge in [0.2, 0.25) is 0 Å². The molecule has 0 aliphatic heterocycles. The molecule has 0 amide bonds. The molecule has 1 heterocycles. The molecule has 1 aliphatic rings. The summed E-state index contributed by atoms with van der Waals surface area (Å²) in [4.78, 5) is 2.24. The van der Waals surface area contributed by atoms with Gasteiger partial charge in [0.15, 0.2) is 0 Å². The second-order valence-electron chi connectivity index (χ2n) is 3.72. The van der Waals surface area contributed by atoms with E-state index in [0.29, 0.717) is 11.9 Å². The number of anilines is 2. The molecule has 0 saturated heterocycles. The van der Waals surface area contributed by atoms with Gasteiger partial charge in [-0.3, -0.25) is 5.10 Å². The van der Waals surface area contributed by atoms with Crippen LogP contribution in [0.3, 0.4) is 0 Å². The Bertz CT molecular complexity index is 275. The van der Waals surface area contributed by atoms with Crippen LogP contribution in [0.1, 0.15) is 25.7 Å². The van der Waals surface area contributed by atoms with Crippen molar-refractivity contribution in [3.05, 3.63) is 6.20 Å². The highest BCUT2D eigenvalue weighted by atomic mass is 15.2. The molecular weight excluding hydrogens is 164 g/mol. The van der Waals surface area contributed by atoms with Crippen LogP contribution in [0.5, 0.6) is 0 Å². The van der Waals surface area contributed by atoms with E-state index in [4.69, 9.17) is 5.73 Å². The summed E-state index contributed by atoms with van der Waals surface area (Å²) in [7, 11) is 2.09. The van der Waals surface area contributed by atoms with Crippen molar-refractivity contribution in [3.63, 3.8) is 0 Å². The lowest BCUT2D eigenvalue weighted by Crippen LogP contribution is -2.28. The number of nitrogens with zero attached hydrogens (tertiary/aromatic N) is 2. The van der Waals surface area contributed by atoms with E-state index in [-0.39, 0.29) is 0 Å². The molecule has 1 fully saturated rings. The van der Waals surface area contributed by atoms with Crippen molar-refractivity contribution in [2.24, 2.45) is 0 Å². The predicted octanol–water partition coefficient (Wildman–Crippen LogP) is 1.37. The summed E-state index contributed by atoms with van der Waals surface area (Å²) in [6, 6.07) is 0.653. The summed E-state index contributed by atoms with van der Waals surface area (Å²) in [5.74, 6) is 0.675. The molecule has 1 aromatic rings. The Morgan fingerprint density at radius 3 is 2.77 bits per heavy atom. The first kappa shape index (κ1) is 8.41. The van der Waals surface area contributed by atoms with Crippen molar-refractivity contribution in [3.8, 4) is 0 Å². The fourth-order valence-corrected chi connectivity index (χ4v) is 2.06. The van der Waals surface area contributed by atoms with Crippen LogP contribution >= 0.6 is 0 Å². The van der Waals surface area contributed by atoms with E-state index in [1.165, 1.54) is 25.7 Å². The van der Waals surface area contributed by atoms with Gasteiger partial charge in [-0.2, -0.15) is 5.10 Å². The third-order valence-corrected chi connectivity index (χ3v) is 2.90. The highest BCUT2D eigenvalue weighted by Gasteiger charge is 2.21. The van der Waals surface area contributed by atoms with Gasteiger partial charge in [0.25, 0.3) is 0 Å². The molecule has 72 valence electrons. The van der Waals surface area contributed by atoms with Crippen LogP contribution in [0, 0.1) is 0 Å². The fourth-order valence-electron chi connectivity index (χ4n) is 2.06. The summed E-state index contributed by atoms with van der Waals surface area (Å²) in [5.41, 5.74) is 6.78. The van der Waals surface area contributed by atoms with E-state index in [0.717, 1.165) is 5.69 Å². The Labute approximate surface area is 78.1 Å². The minimum atomic E-state index is 0.653. The molecule has 13 heavy (non-hydrogen) atoms. The fraction of sp³-hybridized carbons (Fsp3) is 0.667. The average molecular weight is 180 g/mol. The molecule has 3 N–H and O–H groups in total. The Kier molecular flexibility index (Phi) is 2.12. The van der Waals surface area contributed by atoms with Crippen LogP contribution in [0.4, 0.5) is 11.5 Å². The molecule has 0 unspecified atom stereocenters. The molecule has 4 heteroatoms. The van der Waals surface area contributed by atoms with E-state index in [2.05, 4.69) is 22.1 Å². The van der Waals surface area contributed by atoms with E-state index in [9.17, 15) is 0 Å². The quantitative estimate of drug-likeness (QED) is 0.722. The molecule has 0 spiro atoms. The molecule has 0 atom stereocenters. The van der Waals surface area contributed by atoms with Gasteiger partial charge in [0.05, 0.1) is 11.9 Å². The van der Waals surface area contributed by atoms with Crippen molar-refractivity contribution in [1.29, 1.82) is 0 Å². The van der Waals surface area contributed by atoms with Crippen LogP contribution in [-0.4, -0.2) is 23.3 Å². The van der Waals surface area contributed by atoms with Crippen molar-refractivity contribution in [2.45, 2.75) is 31.7 Å². The molecule has 0 aromatic carbocycles. The van der Waals surface area contributed by atoms with E-state index in [1.807, 2.05) is 0 Å². The van der Waals surface area contributed by atoms with Gasteiger partial charge in [-0.1, -0.05) is 12.8 Å². The van der Waals surface area contributed by atoms with Gasteiger partial charge in [-0.15, -0.1) is 0 Å². The Balaban J connectivity index is 2.12. The number of rotatable bonds is 2. The van der Waals surface area contributed by atoms with Crippen molar-refractivity contribution < 1.29 is 0 Å². The minimum Gasteiger partial charge on any atom is -0.382 e. The molecule has 0 radical (unpaired) electrons. The summed E-state index contributed by atoms with van der Waals surface area (Å²) < 4.78 is 0. The molecule has 0 bridgehead atoms. The summed E-state index contributed by atoms with van der Waals surface area (Å²) in [5, 5.41) is 6.68. The number of H-pyrrole nitrogens is 1. The normalized spacial score (nSPS) is 17.9. The SMILES string of the molecule is CN(c1cn[nH]c1N)C1CCCC1. The van der Waals surface area contributed by atoms with Gasteiger partial charge in [-0.25, -0.2) is 0 Å². The smallest absolute Gasteiger partial charge is 0.142 e. The maximum absolute atomic E-state index is 5.75. The van der Waals surface area contributed by atoms with Crippen molar-refractivity contribution in [2.75, 3.05) is 17.7 Å². The van der Waals surface area contributed by atoms with E-state index in [1.54, 1.807) is 6.20 Å². The number of nitrogens with two attached hydrogens (primary N) is 1. The van der Waals surface area contributed by atoms with E-state index >= 15 is 0 Å². The molecule has 1 aliphatic carbocycles. The number of hydrogen-bond acceptors (Lipinski definition) is 3. The zero-order valence-corrected chi connectivity index (χ0v) is 7.95. The number of aromatic amines is 1. The molecular formula is C9H16N4. The second kappa shape index (κ2) is 3.28. The van der Waals surface area contributed by atoms with Crippen molar-refractivity contribution >= 4 is 11.5 Å². The molecule has 4 nitrogen and oxygen atoms in total. The van der Waals surface area contributed by atoms with Crippen LogP contribution in [0.25, 0.3) is 0 Å². The van der Waals surface area contributed by atoms with Gasteiger partial charge in [-0.05, 0) is 12.8 Å². The second-order valence-corrected chi connectivity index (χ2v) is 3.72. The lowest BCUT2D eigenvalue weighted by molar-refractivity contribution is 0.654. The number of nitrogen functional groups attached to an aromatic ring is 1. The van der Waals surface area contributed by atoms with Gasteiger partial charge < -0.3 is 10.6 Å². The number of aromatic nitrogens is 2. The topological polar surface area (TPSA) is 57.9 Å². The van der Waals surface area contributed by atoms with Gasteiger partial charge >= 0.3 is 0 Å². The average Bonchev–Trinajstić information content (AvgIpc) is 2.72. The van der Waals surface area contributed by atoms with Gasteiger partial charge in [0.1, 0.15) is 5.82 Å². The highest BCUT2D eigenvalue weighted by molar-refractivity contribution is 5.62. The van der Waals surface area contributed by atoms with Gasteiger partial charge in [0, 0.05) is 13.1 Å². The third-order valence-electron chi connectivity index (χ3n) is 2.90. The Morgan fingerprint density at radius 1 is 1.54 bits per heavy atom. The molecule has 2 rings (SSSR count). The first-order valence-electron chi connectivity index (χ1n) is 4.80. The minimum absolute atomic E-state index is 0.653. The van der Waals surface area contributed by atoms with Crippen LogP contribution in [0.15, 0.2) is 6.20 Å². The standard InChI is InChI=1S/C9H16N4/c1-13(7-4-2-3-5-7)8-6-11-12-9(8)10/h6-7H,2-5H2,1H3,(H3,10,11,12). The van der Waals surface area contributed by atoms with Crippen LogP contribution in [-0.2, 0) is 0 Å². The Hall–Kier alpha value is -1.19. The summed E-state index contributed by atoms with van der Waals surface area (Å²) in [6.45, 7) is 0. The molecule has 1 saturated carbocycles. The zero-order valence-electron chi connectivity index (χ0n) is 7.95. The third kappa shape index (κ3) is 1.48.